The topological polar surface area (TPSA) is 78.4 Å². The maximum atomic E-state index is 11.5. The molecule has 0 fully saturated rings. The summed E-state index contributed by atoms with van der Waals surface area (Å²) in [5, 5.41) is 16.0. The van der Waals surface area contributed by atoms with Gasteiger partial charge in [-0.3, -0.25) is 4.79 Å². The first-order valence-corrected chi connectivity index (χ1v) is 6.96. The fourth-order valence-electron chi connectivity index (χ4n) is 1.05. The first kappa shape index (κ1) is 15.0. The zero-order chi connectivity index (χ0) is 13.8. The van der Waals surface area contributed by atoms with Crippen LogP contribution in [-0.4, -0.2) is 23.7 Å². The van der Waals surface area contributed by atoms with Crippen LogP contribution in [0.3, 0.4) is 0 Å². The Hall–Kier alpha value is -1.08. The molecule has 1 aromatic rings. The van der Waals surface area contributed by atoms with Gasteiger partial charge >= 0.3 is 12.0 Å². The fraction of sp³-hybridized carbons (Fsp3) is 0.455. The second kappa shape index (κ2) is 6.19. The molecule has 100 valence electrons. The highest BCUT2D eigenvalue weighted by Gasteiger charge is 2.27. The summed E-state index contributed by atoms with van der Waals surface area (Å²) in [6.45, 7) is 3.63. The van der Waals surface area contributed by atoms with Gasteiger partial charge in [0.25, 0.3) is 0 Å². The molecule has 0 atom stereocenters. The molecule has 18 heavy (non-hydrogen) atoms. The predicted molar refractivity (Wildman–Crippen MR) is 73.7 cm³/mol. The highest BCUT2D eigenvalue weighted by molar-refractivity contribution is 9.10. The lowest BCUT2D eigenvalue weighted by molar-refractivity contribution is -0.146. The number of nitrogens with one attached hydrogen (secondary N) is 2. The van der Waals surface area contributed by atoms with Crippen molar-refractivity contribution in [1.82, 2.24) is 10.6 Å². The summed E-state index contributed by atoms with van der Waals surface area (Å²) in [6, 6.07) is 1.56. The average Bonchev–Trinajstić information content (AvgIpc) is 2.69. The summed E-state index contributed by atoms with van der Waals surface area (Å²) in [7, 11) is 0. The van der Waals surface area contributed by atoms with Gasteiger partial charge in [-0.25, -0.2) is 4.79 Å². The molecule has 2 amide bonds. The normalized spacial score (nSPS) is 11.1. The highest BCUT2D eigenvalue weighted by Crippen LogP contribution is 2.19. The molecule has 0 aliphatic heterocycles. The minimum Gasteiger partial charge on any atom is -0.481 e. The smallest absolute Gasteiger partial charge is 0.315 e. The van der Waals surface area contributed by atoms with Gasteiger partial charge in [0.15, 0.2) is 0 Å². The lowest BCUT2D eigenvalue weighted by Crippen LogP contribution is -2.43. The van der Waals surface area contributed by atoms with E-state index in [4.69, 9.17) is 5.11 Å². The lowest BCUT2D eigenvalue weighted by Gasteiger charge is -2.19. The van der Waals surface area contributed by atoms with E-state index in [1.54, 1.807) is 13.8 Å². The molecule has 0 bridgehead atoms. The van der Waals surface area contributed by atoms with Crippen LogP contribution >= 0.6 is 27.3 Å². The quantitative estimate of drug-likeness (QED) is 0.773. The Labute approximate surface area is 118 Å². The number of hydrogen-bond acceptors (Lipinski definition) is 3. The summed E-state index contributed by atoms with van der Waals surface area (Å²) >= 11 is 4.87. The minimum absolute atomic E-state index is 0.0856. The van der Waals surface area contributed by atoms with Crippen LogP contribution in [0.2, 0.25) is 0 Å². The molecule has 1 aromatic heterocycles. The Morgan fingerprint density at radius 1 is 1.44 bits per heavy atom. The van der Waals surface area contributed by atoms with Gasteiger partial charge in [0.2, 0.25) is 0 Å². The van der Waals surface area contributed by atoms with Gasteiger partial charge in [-0.1, -0.05) is 0 Å². The Morgan fingerprint density at radius 2 is 2.11 bits per heavy atom. The van der Waals surface area contributed by atoms with Crippen LogP contribution in [0, 0.1) is 5.41 Å². The maximum Gasteiger partial charge on any atom is 0.315 e. The van der Waals surface area contributed by atoms with Gasteiger partial charge in [-0.05, 0) is 35.8 Å². The number of aliphatic carboxylic acids is 1. The number of rotatable bonds is 5. The number of carbonyl (C=O) groups excluding carboxylic acids is 1. The number of amides is 2. The number of carboxylic acids is 1. The van der Waals surface area contributed by atoms with Crippen LogP contribution in [0.25, 0.3) is 0 Å². The molecule has 0 aromatic carbocycles. The molecule has 7 heteroatoms. The number of thiophene rings is 1. The standard InChI is InChI=1S/C11H15BrN2O3S/c1-11(2,9(15)16)6-14-10(17)13-4-8-3-7(12)5-18-8/h3,5H,4,6H2,1-2H3,(H,15,16)(H2,13,14,17). The molecule has 0 saturated carbocycles. The number of carbonyl (C=O) groups is 2. The Kier molecular flexibility index (Phi) is 5.15. The van der Waals surface area contributed by atoms with Crippen molar-refractivity contribution in [3.05, 3.63) is 20.8 Å². The van der Waals surface area contributed by atoms with Crippen molar-refractivity contribution in [1.29, 1.82) is 0 Å². The van der Waals surface area contributed by atoms with E-state index in [9.17, 15) is 9.59 Å². The van der Waals surface area contributed by atoms with E-state index in [1.165, 1.54) is 11.3 Å². The van der Waals surface area contributed by atoms with Crippen LogP contribution in [0.5, 0.6) is 0 Å². The fourth-order valence-corrected chi connectivity index (χ4v) is 2.44. The first-order chi connectivity index (χ1) is 8.31. The van der Waals surface area contributed by atoms with E-state index < -0.39 is 11.4 Å². The highest BCUT2D eigenvalue weighted by atomic mass is 79.9. The molecule has 5 nitrogen and oxygen atoms in total. The third-order valence-electron chi connectivity index (χ3n) is 2.31. The minimum atomic E-state index is -0.969. The zero-order valence-corrected chi connectivity index (χ0v) is 12.5. The van der Waals surface area contributed by atoms with Crippen LogP contribution < -0.4 is 10.6 Å². The summed E-state index contributed by atoms with van der Waals surface area (Å²) in [6.07, 6.45) is 0. The van der Waals surface area contributed by atoms with Crippen LogP contribution in [0.1, 0.15) is 18.7 Å². The number of urea groups is 1. The van der Waals surface area contributed by atoms with Gasteiger partial charge < -0.3 is 15.7 Å². The molecular formula is C11H15BrN2O3S. The van der Waals surface area contributed by atoms with Crippen LogP contribution in [0.4, 0.5) is 4.79 Å². The van der Waals surface area contributed by atoms with Crippen molar-refractivity contribution in [3.63, 3.8) is 0 Å². The van der Waals surface area contributed by atoms with Crippen molar-refractivity contribution in [2.24, 2.45) is 5.41 Å². The summed E-state index contributed by atoms with van der Waals surface area (Å²) in [4.78, 5) is 23.3. The van der Waals surface area contributed by atoms with E-state index in [0.29, 0.717) is 6.54 Å². The molecular weight excluding hydrogens is 320 g/mol. The third-order valence-corrected chi connectivity index (χ3v) is 4.01. The second-order valence-corrected chi connectivity index (χ2v) is 6.37. The molecule has 0 unspecified atom stereocenters. The number of carboxylic acid groups (broad SMARTS) is 1. The maximum absolute atomic E-state index is 11.5. The molecule has 3 N–H and O–H groups in total. The van der Waals surface area contributed by atoms with Gasteiger partial charge in [0.1, 0.15) is 0 Å². The summed E-state index contributed by atoms with van der Waals surface area (Å²) in [5.74, 6) is -0.940. The summed E-state index contributed by atoms with van der Waals surface area (Å²) < 4.78 is 0.983. The average molecular weight is 335 g/mol. The Bertz CT molecular complexity index is 445. The van der Waals surface area contributed by atoms with Gasteiger partial charge in [0.05, 0.1) is 12.0 Å². The van der Waals surface area contributed by atoms with Crippen molar-refractivity contribution in [3.8, 4) is 0 Å². The Balaban J connectivity index is 2.32. The van der Waals surface area contributed by atoms with E-state index in [2.05, 4.69) is 26.6 Å². The van der Waals surface area contributed by atoms with Crippen molar-refractivity contribution < 1.29 is 14.7 Å². The van der Waals surface area contributed by atoms with Gasteiger partial charge in [-0.2, -0.15) is 0 Å². The summed E-state index contributed by atoms with van der Waals surface area (Å²) in [5.41, 5.74) is -0.969. The van der Waals surface area contributed by atoms with Gasteiger partial charge in [0, 0.05) is 21.3 Å². The number of hydrogen-bond donors (Lipinski definition) is 3. The second-order valence-electron chi connectivity index (χ2n) is 4.46. The van der Waals surface area contributed by atoms with Crippen molar-refractivity contribution in [2.75, 3.05) is 6.54 Å². The van der Waals surface area contributed by atoms with E-state index in [0.717, 1.165) is 9.35 Å². The molecule has 0 radical (unpaired) electrons. The van der Waals surface area contributed by atoms with Gasteiger partial charge in [-0.15, -0.1) is 11.3 Å². The number of halogens is 1. The third kappa shape index (κ3) is 4.66. The molecule has 0 aliphatic carbocycles. The predicted octanol–water partition coefficient (Wildman–Crippen LogP) is 2.42. The molecule has 0 spiro atoms. The van der Waals surface area contributed by atoms with Crippen LogP contribution in [-0.2, 0) is 11.3 Å². The molecule has 0 saturated heterocycles. The van der Waals surface area contributed by atoms with E-state index in [1.807, 2.05) is 11.4 Å². The SMILES string of the molecule is CC(C)(CNC(=O)NCc1cc(Br)cs1)C(=O)O. The van der Waals surface area contributed by atoms with Crippen molar-refractivity contribution >= 4 is 39.3 Å². The largest absolute Gasteiger partial charge is 0.481 e. The molecule has 0 aliphatic rings. The van der Waals surface area contributed by atoms with Crippen molar-refractivity contribution in [2.45, 2.75) is 20.4 Å². The van der Waals surface area contributed by atoms with E-state index in [-0.39, 0.29) is 12.6 Å². The molecule has 1 heterocycles. The monoisotopic (exact) mass is 334 g/mol. The lowest BCUT2D eigenvalue weighted by atomic mass is 9.94. The van der Waals surface area contributed by atoms with Crippen LogP contribution in [0.15, 0.2) is 15.9 Å². The molecule has 1 rings (SSSR count). The zero-order valence-electron chi connectivity index (χ0n) is 10.1. The van der Waals surface area contributed by atoms with E-state index >= 15 is 0 Å². The Morgan fingerprint density at radius 3 is 2.61 bits per heavy atom. The first-order valence-electron chi connectivity index (χ1n) is 5.29.